The summed E-state index contributed by atoms with van der Waals surface area (Å²) in [6.45, 7) is 7.89. The van der Waals surface area contributed by atoms with Crippen LogP contribution in [0.4, 0.5) is 5.95 Å². The average molecular weight is 328 g/mol. The quantitative estimate of drug-likeness (QED) is 0.801. The van der Waals surface area contributed by atoms with Crippen LogP contribution in [0.5, 0.6) is 0 Å². The zero-order valence-electron chi connectivity index (χ0n) is 14.8. The maximum absolute atomic E-state index is 12.5. The molecule has 2 saturated heterocycles. The maximum atomic E-state index is 12.5. The zero-order chi connectivity index (χ0) is 17.0. The van der Waals surface area contributed by atoms with Crippen molar-refractivity contribution in [3.63, 3.8) is 0 Å². The number of piperidine rings is 2. The number of nitrogens with zero attached hydrogens (tertiary/aromatic N) is 4. The molecule has 2 fully saturated rings. The molecule has 0 N–H and O–H groups in total. The van der Waals surface area contributed by atoms with Crippen molar-refractivity contribution >= 4 is 11.9 Å². The number of aromatic nitrogens is 2. The summed E-state index contributed by atoms with van der Waals surface area (Å²) in [5.41, 5.74) is 0.192. The molecule has 1 aromatic heterocycles. The van der Waals surface area contributed by atoms with Crippen LogP contribution in [-0.2, 0) is 4.79 Å². The van der Waals surface area contributed by atoms with Gasteiger partial charge in [-0.3, -0.25) is 4.79 Å². The Morgan fingerprint density at radius 1 is 1.17 bits per heavy atom. The second-order valence-corrected chi connectivity index (χ2v) is 7.54. The predicted octanol–water partition coefficient (Wildman–Crippen LogP) is 2.90. The molecule has 0 aromatic carbocycles. The van der Waals surface area contributed by atoms with Crippen LogP contribution in [0.15, 0.2) is 30.6 Å². The van der Waals surface area contributed by atoms with E-state index >= 15 is 0 Å². The lowest BCUT2D eigenvalue weighted by Gasteiger charge is -2.48. The Labute approximate surface area is 144 Å². The van der Waals surface area contributed by atoms with Crippen molar-refractivity contribution in [1.82, 2.24) is 14.9 Å². The van der Waals surface area contributed by atoms with Gasteiger partial charge in [0.25, 0.3) is 0 Å². The van der Waals surface area contributed by atoms with E-state index in [1.807, 2.05) is 17.0 Å². The molecule has 130 valence electrons. The van der Waals surface area contributed by atoms with E-state index in [1.54, 1.807) is 18.5 Å². The van der Waals surface area contributed by atoms with E-state index in [2.05, 4.69) is 28.7 Å². The molecule has 3 rings (SSSR count). The highest BCUT2D eigenvalue weighted by atomic mass is 16.2. The number of hydrogen-bond acceptors (Lipinski definition) is 4. The molecule has 2 aliphatic heterocycles. The van der Waals surface area contributed by atoms with Gasteiger partial charge in [-0.1, -0.05) is 19.9 Å². The van der Waals surface area contributed by atoms with E-state index in [0.717, 1.165) is 45.0 Å². The van der Waals surface area contributed by atoms with Gasteiger partial charge in [0.1, 0.15) is 0 Å². The van der Waals surface area contributed by atoms with Gasteiger partial charge in [0.05, 0.1) is 0 Å². The lowest BCUT2D eigenvalue weighted by atomic mass is 9.73. The van der Waals surface area contributed by atoms with Gasteiger partial charge in [0.15, 0.2) is 0 Å². The SMILES string of the molecule is CC(C)/C=C/C(=O)N1CCCC2(CCCN(c3ncccn3)C2)C1. The standard InChI is InChI=1S/C19H28N4O/c1-16(2)6-7-17(24)22-12-3-8-19(14-22)9-4-13-23(15-19)18-20-10-5-11-21-18/h5-7,10-11,16H,3-4,8-9,12-15H2,1-2H3/b7-6+. The minimum atomic E-state index is 0.163. The normalized spacial score (nSPS) is 25.0. The number of anilines is 1. The summed E-state index contributed by atoms with van der Waals surface area (Å²) in [6, 6.07) is 1.85. The number of rotatable bonds is 3. The summed E-state index contributed by atoms with van der Waals surface area (Å²) < 4.78 is 0. The van der Waals surface area contributed by atoms with Gasteiger partial charge in [-0.05, 0) is 43.7 Å². The monoisotopic (exact) mass is 328 g/mol. The Balaban J connectivity index is 1.69. The molecular weight excluding hydrogens is 300 g/mol. The number of likely N-dealkylation sites (tertiary alicyclic amines) is 1. The highest BCUT2D eigenvalue weighted by Gasteiger charge is 2.40. The predicted molar refractivity (Wildman–Crippen MR) is 95.7 cm³/mol. The van der Waals surface area contributed by atoms with E-state index in [1.165, 1.54) is 12.8 Å². The average Bonchev–Trinajstić information content (AvgIpc) is 2.60. The molecule has 0 bridgehead atoms. The first-order valence-electron chi connectivity index (χ1n) is 9.07. The first-order chi connectivity index (χ1) is 11.6. The number of amides is 1. The molecule has 0 saturated carbocycles. The third-order valence-electron chi connectivity index (χ3n) is 5.09. The Hall–Kier alpha value is -1.91. The van der Waals surface area contributed by atoms with Crippen LogP contribution in [0.25, 0.3) is 0 Å². The topological polar surface area (TPSA) is 49.3 Å². The molecule has 1 atom stereocenters. The van der Waals surface area contributed by atoms with Crippen LogP contribution in [-0.4, -0.2) is 47.0 Å². The summed E-state index contributed by atoms with van der Waals surface area (Å²) in [7, 11) is 0. The molecule has 5 nitrogen and oxygen atoms in total. The number of allylic oxidation sites excluding steroid dienone is 1. The Morgan fingerprint density at radius 2 is 1.88 bits per heavy atom. The Kier molecular flexibility index (Phi) is 5.17. The van der Waals surface area contributed by atoms with E-state index in [0.29, 0.717) is 5.92 Å². The van der Waals surface area contributed by atoms with Crippen molar-refractivity contribution in [3.8, 4) is 0 Å². The lowest BCUT2D eigenvalue weighted by molar-refractivity contribution is -0.129. The van der Waals surface area contributed by atoms with Crippen molar-refractivity contribution in [1.29, 1.82) is 0 Å². The zero-order valence-corrected chi connectivity index (χ0v) is 14.8. The smallest absolute Gasteiger partial charge is 0.246 e. The highest BCUT2D eigenvalue weighted by molar-refractivity contribution is 5.87. The van der Waals surface area contributed by atoms with Crippen LogP contribution in [0.1, 0.15) is 39.5 Å². The van der Waals surface area contributed by atoms with Gasteiger partial charge in [0.2, 0.25) is 11.9 Å². The van der Waals surface area contributed by atoms with E-state index in [-0.39, 0.29) is 11.3 Å². The van der Waals surface area contributed by atoms with Gasteiger partial charge in [-0.25, -0.2) is 9.97 Å². The van der Waals surface area contributed by atoms with E-state index in [9.17, 15) is 4.79 Å². The van der Waals surface area contributed by atoms with Crippen LogP contribution in [0, 0.1) is 11.3 Å². The molecule has 1 aromatic rings. The van der Waals surface area contributed by atoms with Gasteiger partial charge >= 0.3 is 0 Å². The maximum Gasteiger partial charge on any atom is 0.246 e. The minimum absolute atomic E-state index is 0.163. The Morgan fingerprint density at radius 3 is 2.58 bits per heavy atom. The van der Waals surface area contributed by atoms with Crippen LogP contribution in [0.3, 0.4) is 0 Å². The molecule has 1 spiro atoms. The third kappa shape index (κ3) is 3.94. The molecule has 0 aliphatic carbocycles. The summed E-state index contributed by atoms with van der Waals surface area (Å²) in [6.07, 6.45) is 12.0. The molecule has 24 heavy (non-hydrogen) atoms. The van der Waals surface area contributed by atoms with Crippen LogP contribution < -0.4 is 4.90 Å². The number of hydrogen-bond donors (Lipinski definition) is 0. The summed E-state index contributed by atoms with van der Waals surface area (Å²) >= 11 is 0. The van der Waals surface area contributed by atoms with Crippen LogP contribution in [0.2, 0.25) is 0 Å². The van der Waals surface area contributed by atoms with Gasteiger partial charge in [-0.15, -0.1) is 0 Å². The second-order valence-electron chi connectivity index (χ2n) is 7.54. The first-order valence-corrected chi connectivity index (χ1v) is 9.07. The van der Waals surface area contributed by atoms with Crippen molar-refractivity contribution in [2.24, 2.45) is 11.3 Å². The van der Waals surface area contributed by atoms with Crippen molar-refractivity contribution in [3.05, 3.63) is 30.6 Å². The summed E-state index contributed by atoms with van der Waals surface area (Å²) in [5, 5.41) is 0. The van der Waals surface area contributed by atoms with Crippen molar-refractivity contribution in [2.75, 3.05) is 31.1 Å². The largest absolute Gasteiger partial charge is 0.340 e. The lowest BCUT2D eigenvalue weighted by Crippen LogP contribution is -2.53. The summed E-state index contributed by atoms with van der Waals surface area (Å²) in [4.78, 5) is 25.6. The molecule has 1 unspecified atom stereocenters. The van der Waals surface area contributed by atoms with Crippen molar-refractivity contribution in [2.45, 2.75) is 39.5 Å². The molecule has 2 aliphatic rings. The van der Waals surface area contributed by atoms with Gasteiger partial charge in [0, 0.05) is 44.0 Å². The molecule has 5 heteroatoms. The molecule has 0 radical (unpaired) electrons. The van der Waals surface area contributed by atoms with Crippen LogP contribution >= 0.6 is 0 Å². The molecule has 1 amide bonds. The van der Waals surface area contributed by atoms with Gasteiger partial charge in [-0.2, -0.15) is 0 Å². The van der Waals surface area contributed by atoms with E-state index in [4.69, 9.17) is 0 Å². The molecule has 3 heterocycles. The number of carbonyl (C=O) groups is 1. The Bertz CT molecular complexity index is 582. The summed E-state index contributed by atoms with van der Waals surface area (Å²) in [5.74, 6) is 1.39. The fourth-order valence-electron chi connectivity index (χ4n) is 3.94. The van der Waals surface area contributed by atoms with Crippen molar-refractivity contribution < 1.29 is 4.79 Å². The third-order valence-corrected chi connectivity index (χ3v) is 5.09. The fourth-order valence-corrected chi connectivity index (χ4v) is 3.94. The minimum Gasteiger partial charge on any atom is -0.340 e. The first kappa shape index (κ1) is 16.9. The number of carbonyl (C=O) groups excluding carboxylic acids is 1. The van der Waals surface area contributed by atoms with E-state index < -0.39 is 0 Å². The molecular formula is C19H28N4O. The highest BCUT2D eigenvalue weighted by Crippen LogP contribution is 2.39. The van der Waals surface area contributed by atoms with Gasteiger partial charge < -0.3 is 9.80 Å². The second kappa shape index (κ2) is 7.32. The fraction of sp³-hybridized carbons (Fsp3) is 0.632.